The first kappa shape index (κ1) is 23.7. The molecule has 0 aliphatic rings. The third-order valence-electron chi connectivity index (χ3n) is 5.42. The Morgan fingerprint density at radius 1 is 1.22 bits per heavy atom. The Kier molecular flexibility index (Phi) is 8.62. The van der Waals surface area contributed by atoms with E-state index in [1.807, 2.05) is 55.5 Å². The number of carbonyl (C=O) groups excluding carboxylic acids is 1. The summed E-state index contributed by atoms with van der Waals surface area (Å²) < 4.78 is 0. The van der Waals surface area contributed by atoms with E-state index in [0.29, 0.717) is 25.1 Å². The fourth-order valence-electron chi connectivity index (χ4n) is 3.81. The van der Waals surface area contributed by atoms with Gasteiger partial charge in [0.05, 0.1) is 6.10 Å². The Hall–Kier alpha value is -2.93. The molecule has 3 aromatic rings. The number of amides is 1. The van der Waals surface area contributed by atoms with E-state index in [1.165, 1.54) is 4.88 Å². The highest BCUT2D eigenvalue weighted by atomic mass is 32.1. The highest BCUT2D eigenvalue weighted by Crippen LogP contribution is 2.30. The largest absolute Gasteiger partial charge is 0.391 e. The molecule has 0 bridgehead atoms. The second kappa shape index (κ2) is 11.6. The highest BCUT2D eigenvalue weighted by molar-refractivity contribution is 7.10. The third kappa shape index (κ3) is 6.29. The van der Waals surface area contributed by atoms with Gasteiger partial charge in [-0.15, -0.1) is 11.3 Å². The molecule has 5 nitrogen and oxygen atoms in total. The van der Waals surface area contributed by atoms with Gasteiger partial charge in [0.25, 0.3) is 0 Å². The van der Waals surface area contributed by atoms with Gasteiger partial charge in [-0.1, -0.05) is 49.1 Å². The summed E-state index contributed by atoms with van der Waals surface area (Å²) in [5, 5.41) is 19.8. The summed E-state index contributed by atoms with van der Waals surface area (Å²) in [5.74, 6) is -0.774. The molecule has 5 N–H and O–H groups in total. The monoisotopic (exact) mass is 449 g/mol. The van der Waals surface area contributed by atoms with Crippen LogP contribution in [0, 0.1) is 0 Å². The molecule has 1 aromatic heterocycles. The molecule has 2 atom stereocenters. The second-order valence-corrected chi connectivity index (χ2v) is 8.74. The van der Waals surface area contributed by atoms with Crippen LogP contribution in [0.4, 0.5) is 5.69 Å². The first-order valence-electron chi connectivity index (χ1n) is 10.8. The van der Waals surface area contributed by atoms with Crippen molar-refractivity contribution in [3.05, 3.63) is 93.7 Å². The third-order valence-corrected chi connectivity index (χ3v) is 6.38. The number of primary amides is 1. The van der Waals surface area contributed by atoms with Gasteiger partial charge in [-0.2, -0.15) is 0 Å². The van der Waals surface area contributed by atoms with E-state index in [9.17, 15) is 9.90 Å². The predicted molar refractivity (Wildman–Crippen MR) is 134 cm³/mol. The van der Waals surface area contributed by atoms with Crippen LogP contribution in [0.5, 0.6) is 0 Å². The van der Waals surface area contributed by atoms with Gasteiger partial charge in [0.15, 0.2) is 0 Å². The molecule has 0 unspecified atom stereocenters. The fourth-order valence-corrected chi connectivity index (χ4v) is 4.65. The van der Waals surface area contributed by atoms with Gasteiger partial charge in [0, 0.05) is 41.7 Å². The Balaban J connectivity index is 1.82. The summed E-state index contributed by atoms with van der Waals surface area (Å²) in [5.41, 5.74) is 9.97. The number of anilines is 1. The Morgan fingerprint density at radius 2 is 2.00 bits per heavy atom. The molecule has 0 fully saturated rings. The number of hydrogen-bond donors (Lipinski definition) is 4. The van der Waals surface area contributed by atoms with Crippen molar-refractivity contribution in [1.82, 2.24) is 5.32 Å². The van der Waals surface area contributed by atoms with Crippen molar-refractivity contribution in [2.75, 3.05) is 18.4 Å². The van der Waals surface area contributed by atoms with E-state index in [0.717, 1.165) is 28.9 Å². The number of aliphatic hydroxyl groups excluding tert-OH is 1. The van der Waals surface area contributed by atoms with Gasteiger partial charge in [-0.05, 0) is 53.6 Å². The lowest BCUT2D eigenvalue weighted by Crippen LogP contribution is -2.33. The first-order chi connectivity index (χ1) is 15.5. The smallest absolute Gasteiger partial charge is 0.249 e. The topological polar surface area (TPSA) is 87.4 Å². The maximum Gasteiger partial charge on any atom is 0.249 e. The molecule has 0 saturated heterocycles. The molecule has 1 amide bonds. The highest BCUT2D eigenvalue weighted by Gasteiger charge is 2.26. The standard InChI is InChI=1S/C26H31N3O2S/c1-3-18-12-21(32-17-18)15-28-16-25(30)23(13-19-8-6-5-7-9-19)22-11-10-20(29-4-2)14-24(22)26(27)31/h3,5-12,14,17,23,25,28-30H,1,4,13,15-16H2,2H3,(H2,27,31)/t23-,25-/m0/s1. The van der Waals surface area contributed by atoms with Crippen molar-refractivity contribution in [3.63, 3.8) is 0 Å². The van der Waals surface area contributed by atoms with Crippen LogP contribution in [0.15, 0.2) is 66.6 Å². The normalized spacial score (nSPS) is 12.8. The van der Waals surface area contributed by atoms with Crippen LogP contribution < -0.4 is 16.4 Å². The van der Waals surface area contributed by atoms with Gasteiger partial charge in [-0.3, -0.25) is 4.79 Å². The number of hydrogen-bond acceptors (Lipinski definition) is 5. The zero-order valence-corrected chi connectivity index (χ0v) is 19.2. The van der Waals surface area contributed by atoms with Gasteiger partial charge < -0.3 is 21.5 Å². The maximum atomic E-state index is 12.3. The summed E-state index contributed by atoms with van der Waals surface area (Å²) in [6, 6.07) is 17.7. The number of benzene rings is 2. The van der Waals surface area contributed by atoms with Gasteiger partial charge in [-0.25, -0.2) is 0 Å². The average Bonchev–Trinajstić information content (AvgIpc) is 3.26. The van der Waals surface area contributed by atoms with Gasteiger partial charge in [0.2, 0.25) is 5.91 Å². The lowest BCUT2D eigenvalue weighted by atomic mass is 9.84. The van der Waals surface area contributed by atoms with E-state index in [4.69, 9.17) is 5.73 Å². The molecule has 0 radical (unpaired) electrons. The predicted octanol–water partition coefficient (Wildman–Crippen LogP) is 4.40. The number of rotatable bonds is 12. The molecule has 0 aliphatic carbocycles. The molecule has 0 saturated carbocycles. The molecular formula is C26H31N3O2S. The molecular weight excluding hydrogens is 418 g/mol. The van der Waals surface area contributed by atoms with E-state index >= 15 is 0 Å². The summed E-state index contributed by atoms with van der Waals surface area (Å²) in [6.07, 6.45) is 1.73. The SMILES string of the molecule is C=Cc1csc(CNC[C@H](O)[C@@H](Cc2ccccc2)c2ccc(NCC)cc2C(N)=O)c1. The minimum atomic E-state index is -0.697. The van der Waals surface area contributed by atoms with Crippen LogP contribution in [0.1, 0.15) is 44.8 Å². The van der Waals surface area contributed by atoms with E-state index in [-0.39, 0.29) is 5.92 Å². The minimum Gasteiger partial charge on any atom is -0.391 e. The van der Waals surface area contributed by atoms with Gasteiger partial charge in [0.1, 0.15) is 0 Å². The zero-order chi connectivity index (χ0) is 22.9. The molecule has 0 aliphatic heterocycles. The van der Waals surface area contributed by atoms with Crippen LogP contribution in [-0.2, 0) is 13.0 Å². The average molecular weight is 450 g/mol. The van der Waals surface area contributed by atoms with Crippen molar-refractivity contribution >= 4 is 29.0 Å². The summed E-state index contributed by atoms with van der Waals surface area (Å²) in [7, 11) is 0. The minimum absolute atomic E-state index is 0.282. The van der Waals surface area contributed by atoms with Crippen LogP contribution in [0.3, 0.4) is 0 Å². The number of aliphatic hydroxyl groups is 1. The molecule has 1 heterocycles. The van der Waals surface area contributed by atoms with E-state index in [1.54, 1.807) is 17.4 Å². The van der Waals surface area contributed by atoms with Crippen LogP contribution in [0.25, 0.3) is 6.08 Å². The quantitative estimate of drug-likeness (QED) is 0.330. The Labute approximate surface area is 194 Å². The van der Waals surface area contributed by atoms with Crippen LogP contribution in [0.2, 0.25) is 0 Å². The lowest BCUT2D eigenvalue weighted by Gasteiger charge is -2.26. The van der Waals surface area contributed by atoms with Crippen molar-refractivity contribution < 1.29 is 9.90 Å². The fraction of sp³-hybridized carbons (Fsp3) is 0.269. The number of nitrogens with two attached hydrogens (primary N) is 1. The Morgan fingerprint density at radius 3 is 2.66 bits per heavy atom. The Bertz CT molecular complexity index is 1030. The van der Waals surface area contributed by atoms with Crippen molar-refractivity contribution in [1.29, 1.82) is 0 Å². The molecule has 6 heteroatoms. The molecule has 2 aromatic carbocycles. The second-order valence-electron chi connectivity index (χ2n) is 7.74. The van der Waals surface area contributed by atoms with Crippen LogP contribution >= 0.6 is 11.3 Å². The van der Waals surface area contributed by atoms with Crippen molar-refractivity contribution in [2.45, 2.75) is 31.9 Å². The lowest BCUT2D eigenvalue weighted by molar-refractivity contribution is 0.0995. The molecule has 3 rings (SSSR count). The maximum absolute atomic E-state index is 12.3. The summed E-state index contributed by atoms with van der Waals surface area (Å²) in [4.78, 5) is 13.5. The van der Waals surface area contributed by atoms with E-state index < -0.39 is 12.0 Å². The first-order valence-corrected chi connectivity index (χ1v) is 11.7. The molecule has 32 heavy (non-hydrogen) atoms. The molecule has 168 valence electrons. The summed E-state index contributed by atoms with van der Waals surface area (Å²) >= 11 is 1.66. The zero-order valence-electron chi connectivity index (χ0n) is 18.4. The van der Waals surface area contributed by atoms with Crippen molar-refractivity contribution in [2.24, 2.45) is 5.73 Å². The molecule has 0 spiro atoms. The number of thiophene rings is 1. The van der Waals surface area contributed by atoms with Crippen LogP contribution in [-0.4, -0.2) is 30.2 Å². The van der Waals surface area contributed by atoms with Gasteiger partial charge >= 0.3 is 0 Å². The number of nitrogens with one attached hydrogen (secondary N) is 2. The van der Waals surface area contributed by atoms with Crippen molar-refractivity contribution in [3.8, 4) is 0 Å². The summed E-state index contributed by atoms with van der Waals surface area (Å²) in [6.45, 7) is 7.59. The number of carbonyl (C=O) groups is 1. The van der Waals surface area contributed by atoms with E-state index in [2.05, 4.69) is 28.7 Å².